The van der Waals surface area contributed by atoms with Gasteiger partial charge in [-0.3, -0.25) is 4.79 Å². The molecule has 28 heavy (non-hydrogen) atoms. The minimum Gasteiger partial charge on any atom is -0.497 e. The summed E-state index contributed by atoms with van der Waals surface area (Å²) >= 11 is 0. The normalized spacial score (nSPS) is 16.8. The molecule has 1 atom stereocenters. The molecule has 0 saturated carbocycles. The summed E-state index contributed by atoms with van der Waals surface area (Å²) < 4.78 is 10.6. The Morgan fingerprint density at radius 3 is 2.54 bits per heavy atom. The molecule has 0 aromatic heterocycles. The van der Waals surface area contributed by atoms with E-state index in [1.54, 1.807) is 18.1 Å². The first-order valence-electron chi connectivity index (χ1n) is 9.50. The van der Waals surface area contributed by atoms with E-state index >= 15 is 0 Å². The number of likely N-dealkylation sites (tertiary alicyclic amines) is 1. The number of methoxy groups -OCH3 is 1. The number of esters is 1. The van der Waals surface area contributed by atoms with Crippen LogP contribution in [0.3, 0.4) is 0 Å². The summed E-state index contributed by atoms with van der Waals surface area (Å²) in [7, 11) is 1.61. The first-order chi connectivity index (χ1) is 13.7. The second-order valence-electron chi connectivity index (χ2n) is 6.74. The summed E-state index contributed by atoms with van der Waals surface area (Å²) in [5, 5.41) is 0. The van der Waals surface area contributed by atoms with E-state index in [4.69, 9.17) is 9.47 Å². The van der Waals surface area contributed by atoms with E-state index in [0.717, 1.165) is 29.7 Å². The highest BCUT2D eigenvalue weighted by Crippen LogP contribution is 2.20. The van der Waals surface area contributed by atoms with Crippen molar-refractivity contribution in [1.82, 2.24) is 4.90 Å². The summed E-state index contributed by atoms with van der Waals surface area (Å²) in [4.78, 5) is 26.9. The number of hydrogen-bond acceptors (Lipinski definition) is 4. The van der Waals surface area contributed by atoms with Crippen LogP contribution < -0.4 is 4.74 Å². The fraction of sp³-hybridized carbons (Fsp3) is 0.304. The number of hydrogen-bond donors (Lipinski definition) is 0. The quantitative estimate of drug-likeness (QED) is 0.565. The first-order valence-corrected chi connectivity index (χ1v) is 9.50. The van der Waals surface area contributed by atoms with Gasteiger partial charge in [-0.15, -0.1) is 0 Å². The van der Waals surface area contributed by atoms with Gasteiger partial charge in [0.2, 0.25) is 5.91 Å². The maximum Gasteiger partial charge on any atom is 0.329 e. The third kappa shape index (κ3) is 5.22. The van der Waals surface area contributed by atoms with Crippen molar-refractivity contribution in [2.45, 2.75) is 31.9 Å². The lowest BCUT2D eigenvalue weighted by atomic mass is 10.0. The smallest absolute Gasteiger partial charge is 0.329 e. The second kappa shape index (κ2) is 9.74. The van der Waals surface area contributed by atoms with Crippen LogP contribution in [0, 0.1) is 0 Å². The summed E-state index contributed by atoms with van der Waals surface area (Å²) in [5.41, 5.74) is 1.83. The van der Waals surface area contributed by atoms with E-state index in [1.807, 2.05) is 54.6 Å². The summed E-state index contributed by atoms with van der Waals surface area (Å²) in [6, 6.07) is 16.5. The van der Waals surface area contributed by atoms with Crippen LogP contribution in [0.4, 0.5) is 0 Å². The second-order valence-corrected chi connectivity index (χ2v) is 6.74. The lowest BCUT2D eigenvalue weighted by molar-refractivity contribution is -0.156. The Hall–Kier alpha value is -3.08. The molecule has 0 N–H and O–H groups in total. The molecule has 1 aliphatic rings. The monoisotopic (exact) mass is 379 g/mol. The molecule has 0 spiro atoms. The molecule has 1 fully saturated rings. The largest absolute Gasteiger partial charge is 0.497 e. The Morgan fingerprint density at radius 1 is 1.07 bits per heavy atom. The van der Waals surface area contributed by atoms with Crippen LogP contribution in [0.5, 0.6) is 5.75 Å². The van der Waals surface area contributed by atoms with Gasteiger partial charge in [0, 0.05) is 12.6 Å². The molecule has 1 aliphatic heterocycles. The van der Waals surface area contributed by atoms with Crippen molar-refractivity contribution in [3.8, 4) is 5.75 Å². The highest BCUT2D eigenvalue weighted by molar-refractivity contribution is 5.94. The van der Waals surface area contributed by atoms with Crippen LogP contribution in [0.1, 0.15) is 30.4 Å². The molecule has 0 aliphatic carbocycles. The third-order valence-electron chi connectivity index (χ3n) is 4.82. The Balaban J connectivity index is 1.61. The number of carbonyl (C=O) groups is 2. The topological polar surface area (TPSA) is 55.8 Å². The molecule has 1 amide bonds. The van der Waals surface area contributed by atoms with Crippen LogP contribution in [0.25, 0.3) is 6.08 Å². The molecule has 0 bridgehead atoms. The zero-order valence-corrected chi connectivity index (χ0v) is 16.0. The predicted molar refractivity (Wildman–Crippen MR) is 108 cm³/mol. The van der Waals surface area contributed by atoms with E-state index in [0.29, 0.717) is 13.0 Å². The number of amides is 1. The van der Waals surface area contributed by atoms with Gasteiger partial charge in [0.15, 0.2) is 0 Å². The molecule has 2 aromatic rings. The lowest BCUT2D eigenvalue weighted by Crippen LogP contribution is -2.48. The predicted octanol–water partition coefficient (Wildman–Crippen LogP) is 3.83. The third-order valence-corrected chi connectivity index (χ3v) is 4.82. The highest BCUT2D eigenvalue weighted by Gasteiger charge is 2.32. The fourth-order valence-electron chi connectivity index (χ4n) is 3.24. The molecule has 5 heteroatoms. The number of rotatable bonds is 6. The average molecular weight is 379 g/mol. The molecule has 146 valence electrons. The number of benzene rings is 2. The van der Waals surface area contributed by atoms with Gasteiger partial charge in [0.05, 0.1) is 7.11 Å². The van der Waals surface area contributed by atoms with Gasteiger partial charge >= 0.3 is 5.97 Å². The average Bonchev–Trinajstić information content (AvgIpc) is 2.77. The van der Waals surface area contributed by atoms with Crippen LogP contribution in [-0.2, 0) is 20.9 Å². The van der Waals surface area contributed by atoms with Gasteiger partial charge in [-0.25, -0.2) is 4.79 Å². The zero-order valence-electron chi connectivity index (χ0n) is 16.0. The Kier molecular flexibility index (Phi) is 6.84. The van der Waals surface area contributed by atoms with Gasteiger partial charge in [-0.1, -0.05) is 42.5 Å². The van der Waals surface area contributed by atoms with Gasteiger partial charge < -0.3 is 14.4 Å². The summed E-state index contributed by atoms with van der Waals surface area (Å²) in [5.74, 6) is 0.257. The lowest BCUT2D eigenvalue weighted by Gasteiger charge is -2.33. The number of nitrogens with zero attached hydrogens (tertiary/aromatic N) is 1. The standard InChI is InChI=1S/C23H25NO4/c1-27-20-13-10-18(11-14-20)12-15-22(25)24-16-6-5-9-21(24)23(26)28-17-19-7-3-2-4-8-19/h2-4,7-8,10-15,21H,5-6,9,16-17H2,1H3/t21-/m0/s1. The van der Waals surface area contributed by atoms with Crippen LogP contribution in [0.15, 0.2) is 60.7 Å². The molecule has 1 saturated heterocycles. The van der Waals surface area contributed by atoms with E-state index in [2.05, 4.69) is 0 Å². The van der Waals surface area contributed by atoms with E-state index in [-0.39, 0.29) is 18.5 Å². The summed E-state index contributed by atoms with van der Waals surface area (Å²) in [6.07, 6.45) is 5.71. The molecular formula is C23H25NO4. The molecule has 5 nitrogen and oxygen atoms in total. The van der Waals surface area contributed by atoms with E-state index < -0.39 is 6.04 Å². The van der Waals surface area contributed by atoms with Crippen molar-refractivity contribution in [1.29, 1.82) is 0 Å². The highest BCUT2D eigenvalue weighted by atomic mass is 16.5. The fourth-order valence-corrected chi connectivity index (χ4v) is 3.24. The first kappa shape index (κ1) is 19.7. The van der Waals surface area contributed by atoms with Gasteiger partial charge in [0.25, 0.3) is 0 Å². The molecule has 3 rings (SSSR count). The molecule has 0 radical (unpaired) electrons. The van der Waals surface area contributed by atoms with Crippen LogP contribution in [-0.4, -0.2) is 36.5 Å². The van der Waals surface area contributed by atoms with Crippen molar-refractivity contribution in [2.75, 3.05) is 13.7 Å². The molecule has 2 aromatic carbocycles. The molecule has 0 unspecified atom stereocenters. The van der Waals surface area contributed by atoms with Crippen LogP contribution >= 0.6 is 0 Å². The SMILES string of the molecule is COc1ccc(C=CC(=O)N2CCCC[C@H]2C(=O)OCc2ccccc2)cc1. The van der Waals surface area contributed by atoms with E-state index in [9.17, 15) is 9.59 Å². The van der Waals surface area contributed by atoms with E-state index in [1.165, 1.54) is 6.08 Å². The maximum atomic E-state index is 12.7. The minimum absolute atomic E-state index is 0.169. The van der Waals surface area contributed by atoms with Crippen molar-refractivity contribution in [2.24, 2.45) is 0 Å². The molecular weight excluding hydrogens is 354 g/mol. The maximum absolute atomic E-state index is 12.7. The minimum atomic E-state index is -0.523. The van der Waals surface area contributed by atoms with Crippen LogP contribution in [0.2, 0.25) is 0 Å². The van der Waals surface area contributed by atoms with Crippen molar-refractivity contribution in [3.63, 3.8) is 0 Å². The molecule has 1 heterocycles. The number of ether oxygens (including phenoxy) is 2. The van der Waals surface area contributed by atoms with Gasteiger partial charge in [-0.2, -0.15) is 0 Å². The Bertz CT molecular complexity index is 814. The number of carbonyl (C=O) groups excluding carboxylic acids is 2. The Labute approximate surface area is 165 Å². The number of piperidine rings is 1. The van der Waals surface area contributed by atoms with Gasteiger partial charge in [0.1, 0.15) is 18.4 Å². The summed E-state index contributed by atoms with van der Waals surface area (Å²) in [6.45, 7) is 0.788. The zero-order chi connectivity index (χ0) is 19.8. The van der Waals surface area contributed by atoms with Crippen molar-refractivity contribution < 1.29 is 19.1 Å². The van der Waals surface area contributed by atoms with Crippen molar-refractivity contribution >= 4 is 18.0 Å². The Morgan fingerprint density at radius 2 is 1.82 bits per heavy atom. The van der Waals surface area contributed by atoms with Crippen molar-refractivity contribution in [3.05, 3.63) is 71.8 Å². The van der Waals surface area contributed by atoms with Gasteiger partial charge in [-0.05, 0) is 48.6 Å².